The molecule has 0 aliphatic heterocycles. The van der Waals surface area contributed by atoms with Gasteiger partial charge in [-0.05, 0) is 5.56 Å². The van der Waals surface area contributed by atoms with E-state index in [1.165, 1.54) is 0 Å². The van der Waals surface area contributed by atoms with E-state index in [-0.39, 0.29) is 0 Å². The molecule has 2 rings (SSSR count). The van der Waals surface area contributed by atoms with E-state index in [0.29, 0.717) is 17.0 Å². The lowest BCUT2D eigenvalue weighted by molar-refractivity contribution is 0.626. The van der Waals surface area contributed by atoms with Crippen LogP contribution in [0.25, 0.3) is 0 Å². The van der Waals surface area contributed by atoms with Gasteiger partial charge < -0.3 is 4.57 Å². The first-order valence-electron chi connectivity index (χ1n) is 4.73. The number of hydrogen-bond acceptors (Lipinski definition) is 3. The Balaban J connectivity index is 2.38. The Morgan fingerprint density at radius 3 is 2.56 bits per heavy atom. The minimum absolute atomic E-state index is 0.306. The molecule has 0 saturated carbocycles. The third kappa shape index (κ3) is 2.38. The van der Waals surface area contributed by atoms with Crippen molar-refractivity contribution < 1.29 is 8.42 Å². The number of rotatable bonds is 3. The minimum atomic E-state index is -2.22. The molecule has 1 aromatic carbocycles. The Morgan fingerprint density at radius 1 is 1.25 bits per heavy atom. The van der Waals surface area contributed by atoms with E-state index in [1.807, 2.05) is 18.2 Å². The van der Waals surface area contributed by atoms with E-state index in [1.54, 1.807) is 35.4 Å². The zero-order valence-corrected chi connectivity index (χ0v) is 9.26. The van der Waals surface area contributed by atoms with Gasteiger partial charge in [0, 0.05) is 12.4 Å². The van der Waals surface area contributed by atoms with Crippen LogP contribution < -0.4 is 0 Å². The van der Waals surface area contributed by atoms with Gasteiger partial charge >= 0.3 is 0 Å². The summed E-state index contributed by atoms with van der Waals surface area (Å²) in [7, 11) is -2.22. The molecule has 2 aromatic rings. The van der Waals surface area contributed by atoms with E-state index < -0.39 is 10.3 Å². The molecule has 0 bridgehead atoms. The number of benzene rings is 1. The summed E-state index contributed by atoms with van der Waals surface area (Å²) in [6.07, 6.45) is 4.95. The molecule has 0 fully saturated rings. The molecule has 0 aliphatic carbocycles. The number of nitrogens with zero attached hydrogens (tertiary/aromatic N) is 2. The van der Waals surface area contributed by atoms with Gasteiger partial charge in [0.1, 0.15) is 0 Å². The maximum absolute atomic E-state index is 11.2. The second kappa shape index (κ2) is 4.76. The Hall–Kier alpha value is -1.88. The Morgan fingerprint density at radius 2 is 2.00 bits per heavy atom. The van der Waals surface area contributed by atoms with Crippen molar-refractivity contribution in [1.82, 2.24) is 9.55 Å². The molecule has 82 valence electrons. The fraction of sp³-hybridized carbons (Fsp3) is 0.0909. The molecule has 0 spiro atoms. The Labute approximate surface area is 94.7 Å². The molecule has 0 unspecified atom stereocenters. The second-order valence-electron chi connectivity index (χ2n) is 3.26. The van der Waals surface area contributed by atoms with Crippen LogP contribution in [-0.4, -0.2) is 22.8 Å². The van der Waals surface area contributed by atoms with E-state index in [9.17, 15) is 8.42 Å². The second-order valence-corrected chi connectivity index (χ2v) is 4.22. The van der Waals surface area contributed by atoms with Crippen molar-refractivity contribution >= 4 is 15.2 Å². The van der Waals surface area contributed by atoms with E-state index in [2.05, 4.69) is 4.98 Å². The number of aromatic nitrogens is 2. The van der Waals surface area contributed by atoms with Gasteiger partial charge in [-0.3, -0.25) is 0 Å². The zero-order valence-electron chi connectivity index (χ0n) is 8.45. The van der Waals surface area contributed by atoms with Crippen molar-refractivity contribution in [3.63, 3.8) is 0 Å². The standard InChI is InChI=1S/C11H10N2O2S/c14-16(15)11(8-13-7-6-12-9-13)10-4-2-1-3-5-10/h1-7,9H,8H2. The third-order valence-electron chi connectivity index (χ3n) is 2.18. The molecular formula is C11H10N2O2S. The van der Waals surface area contributed by atoms with Gasteiger partial charge in [-0.15, -0.1) is 0 Å². The van der Waals surface area contributed by atoms with Gasteiger partial charge in [0.2, 0.25) is 10.3 Å². The van der Waals surface area contributed by atoms with Crippen LogP contribution in [-0.2, 0) is 16.8 Å². The maximum atomic E-state index is 11.2. The average Bonchev–Trinajstić information content (AvgIpc) is 2.79. The van der Waals surface area contributed by atoms with Crippen LogP contribution in [0.4, 0.5) is 0 Å². The van der Waals surface area contributed by atoms with Crippen molar-refractivity contribution in [3.05, 3.63) is 54.6 Å². The van der Waals surface area contributed by atoms with Gasteiger partial charge in [-0.25, -0.2) is 4.98 Å². The van der Waals surface area contributed by atoms with Crippen molar-refractivity contribution in [2.24, 2.45) is 0 Å². The van der Waals surface area contributed by atoms with Crippen molar-refractivity contribution in [2.45, 2.75) is 6.54 Å². The number of imidazole rings is 1. The summed E-state index contributed by atoms with van der Waals surface area (Å²) >= 11 is 0. The van der Waals surface area contributed by atoms with Crippen molar-refractivity contribution in [1.29, 1.82) is 0 Å². The maximum Gasteiger partial charge on any atom is 0.219 e. The first-order chi connectivity index (χ1) is 7.77. The van der Waals surface area contributed by atoms with E-state index in [0.717, 1.165) is 0 Å². The Bertz CT molecular complexity index is 578. The van der Waals surface area contributed by atoms with Gasteiger partial charge in [0.15, 0.2) is 0 Å². The van der Waals surface area contributed by atoms with Gasteiger partial charge in [0.05, 0.1) is 17.7 Å². The lowest BCUT2D eigenvalue weighted by atomic mass is 10.1. The van der Waals surface area contributed by atoms with Gasteiger partial charge in [0.25, 0.3) is 0 Å². The molecule has 0 radical (unpaired) electrons. The highest BCUT2D eigenvalue weighted by atomic mass is 32.2. The molecule has 0 atom stereocenters. The highest BCUT2D eigenvalue weighted by molar-refractivity contribution is 7.73. The molecule has 0 N–H and O–H groups in total. The molecule has 0 aliphatic rings. The molecule has 16 heavy (non-hydrogen) atoms. The molecule has 0 amide bonds. The molecule has 4 nitrogen and oxygen atoms in total. The van der Waals surface area contributed by atoms with Crippen molar-refractivity contribution in [2.75, 3.05) is 0 Å². The summed E-state index contributed by atoms with van der Waals surface area (Å²) < 4.78 is 24.0. The largest absolute Gasteiger partial charge is 0.332 e. The monoisotopic (exact) mass is 234 g/mol. The predicted molar refractivity (Wildman–Crippen MR) is 61.7 cm³/mol. The van der Waals surface area contributed by atoms with Crippen LogP contribution in [0.15, 0.2) is 49.1 Å². The fourth-order valence-corrected chi connectivity index (χ4v) is 1.99. The smallest absolute Gasteiger partial charge is 0.219 e. The molecular weight excluding hydrogens is 224 g/mol. The van der Waals surface area contributed by atoms with Crippen LogP contribution in [0, 0.1) is 0 Å². The van der Waals surface area contributed by atoms with Crippen LogP contribution in [0.2, 0.25) is 0 Å². The highest BCUT2D eigenvalue weighted by Crippen LogP contribution is 2.02. The topological polar surface area (TPSA) is 52.0 Å². The van der Waals surface area contributed by atoms with E-state index >= 15 is 0 Å². The van der Waals surface area contributed by atoms with Crippen LogP contribution in [0.3, 0.4) is 0 Å². The summed E-state index contributed by atoms with van der Waals surface area (Å²) in [4.78, 5) is 4.24. The Kier molecular flexibility index (Phi) is 3.16. The molecule has 1 aromatic heterocycles. The first-order valence-corrected chi connectivity index (χ1v) is 5.81. The highest BCUT2D eigenvalue weighted by Gasteiger charge is 2.05. The van der Waals surface area contributed by atoms with E-state index in [4.69, 9.17) is 0 Å². The first kappa shape index (κ1) is 10.6. The fourth-order valence-electron chi connectivity index (χ4n) is 1.41. The summed E-state index contributed by atoms with van der Waals surface area (Å²) in [5.74, 6) is 0. The third-order valence-corrected chi connectivity index (χ3v) is 2.95. The quantitative estimate of drug-likeness (QED) is 0.587. The van der Waals surface area contributed by atoms with Gasteiger partial charge in [-0.2, -0.15) is 8.42 Å². The normalized spacial score (nSPS) is 10.0. The average molecular weight is 234 g/mol. The van der Waals surface area contributed by atoms with Crippen LogP contribution >= 0.6 is 0 Å². The van der Waals surface area contributed by atoms with Crippen LogP contribution in [0.5, 0.6) is 0 Å². The SMILES string of the molecule is O=S(=O)=C(Cn1ccnc1)c1ccccc1. The molecule has 5 heteroatoms. The summed E-state index contributed by atoms with van der Waals surface area (Å²) in [5, 5.41) is 0. The molecule has 0 saturated heterocycles. The van der Waals surface area contributed by atoms with Crippen molar-refractivity contribution in [3.8, 4) is 0 Å². The zero-order chi connectivity index (χ0) is 11.4. The number of hydrogen-bond donors (Lipinski definition) is 0. The molecule has 1 heterocycles. The summed E-state index contributed by atoms with van der Waals surface area (Å²) in [6, 6.07) is 9.04. The van der Waals surface area contributed by atoms with Crippen LogP contribution in [0.1, 0.15) is 5.56 Å². The minimum Gasteiger partial charge on any atom is -0.332 e. The predicted octanol–water partition coefficient (Wildman–Crippen LogP) is 0.983. The van der Waals surface area contributed by atoms with Gasteiger partial charge in [-0.1, -0.05) is 30.3 Å². The summed E-state index contributed by atoms with van der Waals surface area (Å²) in [6.45, 7) is 0.306. The lowest BCUT2D eigenvalue weighted by Gasteiger charge is -2.03. The lowest BCUT2D eigenvalue weighted by Crippen LogP contribution is -2.11. The summed E-state index contributed by atoms with van der Waals surface area (Å²) in [5.41, 5.74) is 0.713.